The van der Waals surface area contributed by atoms with Gasteiger partial charge in [0.25, 0.3) is 0 Å². The van der Waals surface area contributed by atoms with Gasteiger partial charge in [0.05, 0.1) is 6.54 Å². The van der Waals surface area contributed by atoms with Crippen molar-refractivity contribution in [3.05, 3.63) is 35.4 Å². The van der Waals surface area contributed by atoms with Gasteiger partial charge in [0.15, 0.2) is 11.9 Å². The zero-order valence-corrected chi connectivity index (χ0v) is 10.8. The van der Waals surface area contributed by atoms with Crippen LogP contribution in [-0.2, 0) is 6.54 Å². The van der Waals surface area contributed by atoms with E-state index in [4.69, 9.17) is 11.5 Å². The summed E-state index contributed by atoms with van der Waals surface area (Å²) < 4.78 is 0. The number of hydrogen-bond donors (Lipinski definition) is 3. The molecule has 0 aliphatic carbocycles. The average molecular weight is 256 g/mol. The highest BCUT2D eigenvalue weighted by Gasteiger charge is 1.94. The predicted molar refractivity (Wildman–Crippen MR) is 74.4 cm³/mol. The number of rotatable bonds is 2. The van der Waals surface area contributed by atoms with Crippen LogP contribution in [0, 0.1) is 6.92 Å². The number of hydrogen-bond acceptors (Lipinski definition) is 2. The molecule has 0 fully saturated rings. The van der Waals surface area contributed by atoms with Gasteiger partial charge in [-0.15, -0.1) is 12.4 Å². The molecule has 0 saturated heterocycles. The van der Waals surface area contributed by atoms with Crippen molar-refractivity contribution >= 4 is 24.3 Å². The third-order valence-electron chi connectivity index (χ3n) is 2.05. The Hall–Kier alpha value is -1.75. The van der Waals surface area contributed by atoms with E-state index in [0.717, 1.165) is 5.56 Å². The first-order valence-electron chi connectivity index (χ1n) is 4.96. The van der Waals surface area contributed by atoms with Crippen molar-refractivity contribution < 1.29 is 0 Å². The van der Waals surface area contributed by atoms with Crippen LogP contribution in [0.5, 0.6) is 0 Å². The number of halogens is 1. The Morgan fingerprint density at radius 3 is 2.29 bits per heavy atom. The van der Waals surface area contributed by atoms with Crippen LogP contribution in [0.25, 0.3) is 0 Å². The predicted octanol–water partition coefficient (Wildman–Crippen LogP) is 0.766. The lowest BCUT2D eigenvalue weighted by Gasteiger charge is -2.03. The standard InChI is InChI=1S/C11H17N5.ClH/c1-8-3-5-9(6-4-8)7-15-11(13)16-10(12)14-2;/h3-6H,7H2,1-2H3,(H5,12,13,14,15,16);1H. The summed E-state index contributed by atoms with van der Waals surface area (Å²) in [7, 11) is 1.58. The van der Waals surface area contributed by atoms with Crippen LogP contribution >= 0.6 is 12.4 Å². The zero-order chi connectivity index (χ0) is 12.0. The summed E-state index contributed by atoms with van der Waals surface area (Å²) in [4.78, 5) is 7.85. The molecular formula is C11H18ClN5. The van der Waals surface area contributed by atoms with E-state index < -0.39 is 0 Å². The maximum absolute atomic E-state index is 5.61. The summed E-state index contributed by atoms with van der Waals surface area (Å²) >= 11 is 0. The second kappa shape index (κ2) is 7.51. The van der Waals surface area contributed by atoms with Crippen molar-refractivity contribution in [3.8, 4) is 0 Å². The Morgan fingerprint density at radius 1 is 1.18 bits per heavy atom. The van der Waals surface area contributed by atoms with Crippen LogP contribution in [0.4, 0.5) is 0 Å². The van der Waals surface area contributed by atoms with Gasteiger partial charge in [-0.3, -0.25) is 10.3 Å². The van der Waals surface area contributed by atoms with E-state index in [1.165, 1.54) is 5.56 Å². The molecule has 6 heteroatoms. The summed E-state index contributed by atoms with van der Waals surface area (Å²) in [5.41, 5.74) is 13.4. The highest BCUT2D eigenvalue weighted by Crippen LogP contribution is 2.03. The van der Waals surface area contributed by atoms with E-state index in [2.05, 4.69) is 15.3 Å². The monoisotopic (exact) mass is 255 g/mol. The van der Waals surface area contributed by atoms with Gasteiger partial charge in [-0.05, 0) is 12.5 Å². The lowest BCUT2D eigenvalue weighted by atomic mass is 10.1. The summed E-state index contributed by atoms with van der Waals surface area (Å²) in [6, 6.07) is 8.11. The molecule has 17 heavy (non-hydrogen) atoms. The molecule has 0 spiro atoms. The summed E-state index contributed by atoms with van der Waals surface area (Å²) in [6.07, 6.45) is 0. The van der Waals surface area contributed by atoms with E-state index in [9.17, 15) is 0 Å². The fraction of sp³-hybridized carbons (Fsp3) is 0.273. The molecule has 1 aromatic rings. The molecule has 1 rings (SSSR count). The van der Waals surface area contributed by atoms with Crippen molar-refractivity contribution in [1.82, 2.24) is 5.32 Å². The van der Waals surface area contributed by atoms with Gasteiger partial charge in [0.1, 0.15) is 0 Å². The van der Waals surface area contributed by atoms with Crippen LogP contribution in [0.3, 0.4) is 0 Å². The number of aryl methyl sites for hydroxylation is 1. The maximum atomic E-state index is 5.61. The molecule has 0 radical (unpaired) electrons. The fourth-order valence-electron chi connectivity index (χ4n) is 1.10. The molecule has 0 aliphatic heterocycles. The Morgan fingerprint density at radius 2 is 1.76 bits per heavy atom. The van der Waals surface area contributed by atoms with Crippen molar-refractivity contribution in [1.29, 1.82) is 0 Å². The van der Waals surface area contributed by atoms with Gasteiger partial charge in [-0.25, -0.2) is 4.99 Å². The average Bonchev–Trinajstić information content (AvgIpc) is 2.28. The van der Waals surface area contributed by atoms with Crippen molar-refractivity contribution in [2.24, 2.45) is 21.5 Å². The minimum atomic E-state index is 0. The largest absolute Gasteiger partial charge is 0.370 e. The van der Waals surface area contributed by atoms with Crippen LogP contribution in [-0.4, -0.2) is 19.0 Å². The van der Waals surface area contributed by atoms with Gasteiger partial charge in [-0.2, -0.15) is 0 Å². The molecule has 0 aliphatic rings. The van der Waals surface area contributed by atoms with E-state index in [1.54, 1.807) is 7.05 Å². The molecule has 0 amide bonds. The highest BCUT2D eigenvalue weighted by atomic mass is 35.5. The van der Waals surface area contributed by atoms with Crippen LogP contribution in [0.2, 0.25) is 0 Å². The number of guanidine groups is 2. The Balaban J connectivity index is 0.00000256. The van der Waals surface area contributed by atoms with E-state index in [-0.39, 0.29) is 24.3 Å². The molecule has 0 aromatic heterocycles. The van der Waals surface area contributed by atoms with Crippen LogP contribution in [0.15, 0.2) is 34.3 Å². The first-order chi connectivity index (χ1) is 7.61. The normalized spacial score (nSPS) is 11.9. The first-order valence-corrected chi connectivity index (χ1v) is 4.96. The summed E-state index contributed by atoms with van der Waals surface area (Å²) in [6.45, 7) is 2.57. The Bertz CT molecular complexity index is 397. The minimum absolute atomic E-state index is 0. The molecular weight excluding hydrogens is 238 g/mol. The lowest BCUT2D eigenvalue weighted by molar-refractivity contribution is 1.03. The van der Waals surface area contributed by atoms with Crippen molar-refractivity contribution in [3.63, 3.8) is 0 Å². The lowest BCUT2D eigenvalue weighted by Crippen LogP contribution is -2.41. The van der Waals surface area contributed by atoms with Crippen LogP contribution in [0.1, 0.15) is 11.1 Å². The summed E-state index contributed by atoms with van der Waals surface area (Å²) in [5, 5.41) is 2.67. The molecule has 0 atom stereocenters. The number of nitrogens with two attached hydrogens (primary N) is 2. The number of nitrogens with zero attached hydrogens (tertiary/aromatic N) is 2. The number of nitrogens with one attached hydrogen (secondary N) is 1. The molecule has 1 aromatic carbocycles. The second-order valence-electron chi connectivity index (χ2n) is 3.42. The number of aliphatic imine (C=N–C) groups is 2. The fourth-order valence-corrected chi connectivity index (χ4v) is 1.10. The van der Waals surface area contributed by atoms with Gasteiger partial charge in [-0.1, -0.05) is 29.8 Å². The smallest absolute Gasteiger partial charge is 0.195 e. The molecule has 5 N–H and O–H groups in total. The van der Waals surface area contributed by atoms with Gasteiger partial charge >= 0.3 is 0 Å². The summed E-state index contributed by atoms with van der Waals surface area (Å²) in [5.74, 6) is 0.522. The van der Waals surface area contributed by atoms with Gasteiger partial charge in [0.2, 0.25) is 0 Å². The molecule has 94 valence electrons. The zero-order valence-electron chi connectivity index (χ0n) is 9.97. The highest BCUT2D eigenvalue weighted by molar-refractivity contribution is 5.96. The quantitative estimate of drug-likeness (QED) is 0.539. The molecule has 0 unspecified atom stereocenters. The SMILES string of the molecule is CN=C(N)NC(N)=NCc1ccc(C)cc1.Cl. The molecule has 5 nitrogen and oxygen atoms in total. The van der Waals surface area contributed by atoms with Gasteiger partial charge in [0, 0.05) is 7.05 Å². The molecule has 0 bridgehead atoms. The topological polar surface area (TPSA) is 88.8 Å². The Kier molecular flexibility index (Phi) is 6.74. The second-order valence-corrected chi connectivity index (χ2v) is 3.42. The Labute approximate surface area is 107 Å². The van der Waals surface area contributed by atoms with Crippen molar-refractivity contribution in [2.75, 3.05) is 7.05 Å². The molecule has 0 heterocycles. The number of benzene rings is 1. The maximum Gasteiger partial charge on any atom is 0.195 e. The molecule has 0 saturated carbocycles. The third-order valence-corrected chi connectivity index (χ3v) is 2.05. The van der Waals surface area contributed by atoms with Gasteiger partial charge < -0.3 is 11.5 Å². The van der Waals surface area contributed by atoms with E-state index >= 15 is 0 Å². The third kappa shape index (κ3) is 5.77. The van der Waals surface area contributed by atoms with Crippen molar-refractivity contribution in [2.45, 2.75) is 13.5 Å². The first kappa shape index (κ1) is 15.2. The van der Waals surface area contributed by atoms with Crippen LogP contribution < -0.4 is 16.8 Å². The van der Waals surface area contributed by atoms with E-state index in [0.29, 0.717) is 6.54 Å². The van der Waals surface area contributed by atoms with E-state index in [1.807, 2.05) is 31.2 Å². The minimum Gasteiger partial charge on any atom is -0.370 e.